The van der Waals surface area contributed by atoms with Gasteiger partial charge < -0.3 is 4.43 Å². The lowest BCUT2D eigenvalue weighted by molar-refractivity contribution is -0.113. The van der Waals surface area contributed by atoms with Crippen LogP contribution in [0.1, 0.15) is 6.92 Å². The second-order valence-electron chi connectivity index (χ2n) is 5.53. The highest BCUT2D eigenvalue weighted by molar-refractivity contribution is 7.07. The number of hydrogen-bond acceptors (Lipinski definition) is 2. The van der Waals surface area contributed by atoms with Gasteiger partial charge in [-0.25, -0.2) is 0 Å². The molecule has 82 valence electrons. The van der Waals surface area contributed by atoms with E-state index in [0.29, 0.717) is 5.76 Å². The summed E-state index contributed by atoms with van der Waals surface area (Å²) in [4.78, 5) is 11.7. The van der Waals surface area contributed by atoms with Gasteiger partial charge in [0.2, 0.25) is 14.1 Å². The highest BCUT2D eigenvalue weighted by atomic mass is 28.4. The Balaban J connectivity index is 2.31. The van der Waals surface area contributed by atoms with Gasteiger partial charge >= 0.3 is 0 Å². The molecule has 1 heterocycles. The highest BCUT2D eigenvalue weighted by Crippen LogP contribution is 2.55. The largest absolute Gasteiger partial charge is 0.542 e. The molecule has 0 aromatic heterocycles. The molecule has 0 bridgehead atoms. The van der Waals surface area contributed by atoms with Gasteiger partial charge in [0.05, 0.1) is 0 Å². The minimum atomic E-state index is -1.64. The fourth-order valence-corrected chi connectivity index (χ4v) is 6.62. The molecular weight excluding hydrogens is 220 g/mol. The topological polar surface area (TPSA) is 26.3 Å². The van der Waals surface area contributed by atoms with E-state index >= 15 is 0 Å². The molecule has 0 amide bonds. The van der Waals surface area contributed by atoms with Gasteiger partial charge in [-0.05, 0) is 36.1 Å². The number of ketones is 1. The van der Waals surface area contributed by atoms with Crippen molar-refractivity contribution < 1.29 is 9.22 Å². The van der Waals surface area contributed by atoms with Crippen LogP contribution >= 0.6 is 0 Å². The molecule has 0 spiro atoms. The van der Waals surface area contributed by atoms with Crippen LogP contribution in [-0.4, -0.2) is 22.2 Å². The Labute approximate surface area is 93.2 Å². The molecule has 15 heavy (non-hydrogen) atoms. The van der Waals surface area contributed by atoms with Gasteiger partial charge in [-0.1, -0.05) is 19.5 Å². The van der Waals surface area contributed by atoms with Gasteiger partial charge in [-0.3, -0.25) is 4.79 Å². The van der Waals surface area contributed by atoms with Crippen LogP contribution in [0, 0.1) is 0 Å². The molecule has 0 aromatic carbocycles. The first kappa shape index (κ1) is 10.9. The van der Waals surface area contributed by atoms with Crippen molar-refractivity contribution in [3.05, 3.63) is 22.2 Å². The summed E-state index contributed by atoms with van der Waals surface area (Å²) < 4.78 is 5.91. The smallest absolute Gasteiger partial charge is 0.242 e. The number of fused-ring (bicyclic) bond motifs is 1. The first-order chi connectivity index (χ1) is 6.79. The second kappa shape index (κ2) is 2.95. The Morgan fingerprint density at radius 3 is 2.47 bits per heavy atom. The van der Waals surface area contributed by atoms with Crippen LogP contribution in [-0.2, 0) is 9.22 Å². The van der Waals surface area contributed by atoms with Gasteiger partial charge in [0, 0.05) is 0 Å². The third-order valence-electron chi connectivity index (χ3n) is 3.19. The summed E-state index contributed by atoms with van der Waals surface area (Å²) in [6.45, 7) is 10.9. The second-order valence-corrected chi connectivity index (χ2v) is 14.4. The Morgan fingerprint density at radius 2 is 2.00 bits per heavy atom. The molecule has 2 nitrogen and oxygen atoms in total. The molecule has 0 N–H and O–H groups in total. The molecule has 1 unspecified atom stereocenters. The van der Waals surface area contributed by atoms with Crippen LogP contribution in [0.2, 0.25) is 32.2 Å². The predicted octanol–water partition coefficient (Wildman–Crippen LogP) is 2.79. The predicted molar refractivity (Wildman–Crippen MR) is 66.6 cm³/mol. The lowest BCUT2D eigenvalue weighted by atomic mass is 10.4. The Kier molecular flexibility index (Phi) is 2.14. The summed E-state index contributed by atoms with van der Waals surface area (Å²) in [5.41, 5.74) is 0. The lowest BCUT2D eigenvalue weighted by Gasteiger charge is -2.20. The van der Waals surface area contributed by atoms with Crippen molar-refractivity contribution in [3.8, 4) is 0 Å². The van der Waals surface area contributed by atoms with Crippen molar-refractivity contribution >= 4 is 22.2 Å². The molecule has 4 heteroatoms. The molecule has 1 aliphatic carbocycles. The van der Waals surface area contributed by atoms with Crippen LogP contribution in [0.15, 0.2) is 22.2 Å². The Hall–Kier alpha value is -0.616. The summed E-state index contributed by atoms with van der Waals surface area (Å²) in [5.74, 6) is 0.820. The molecule has 0 saturated carbocycles. The fraction of sp³-hybridized carbons (Fsp3) is 0.545. The normalized spacial score (nSPS) is 29.1. The maximum atomic E-state index is 11.7. The van der Waals surface area contributed by atoms with E-state index in [2.05, 4.69) is 33.1 Å². The minimum Gasteiger partial charge on any atom is -0.542 e. The summed E-state index contributed by atoms with van der Waals surface area (Å²) in [5, 5.41) is 2.67. The van der Waals surface area contributed by atoms with Gasteiger partial charge in [-0.15, -0.1) is 0 Å². The quantitative estimate of drug-likeness (QED) is 0.707. The SMILES string of the molecule is CC[Si]1(C)C2=CC(=O)C(O[Si](C)(C)C)=C21. The van der Waals surface area contributed by atoms with Crippen molar-refractivity contribution in [2.24, 2.45) is 0 Å². The zero-order chi connectivity index (χ0) is 11.4. The van der Waals surface area contributed by atoms with Crippen molar-refractivity contribution in [1.29, 1.82) is 0 Å². The van der Waals surface area contributed by atoms with Crippen LogP contribution in [0.5, 0.6) is 0 Å². The van der Waals surface area contributed by atoms with Gasteiger partial charge in [0.25, 0.3) is 0 Å². The average Bonchev–Trinajstić information content (AvgIpc) is 2.51. The maximum Gasteiger partial charge on any atom is 0.242 e. The lowest BCUT2D eigenvalue weighted by Crippen LogP contribution is -2.28. The van der Waals surface area contributed by atoms with Crippen molar-refractivity contribution in [2.75, 3.05) is 0 Å². The van der Waals surface area contributed by atoms with E-state index in [1.165, 1.54) is 16.4 Å². The summed E-state index contributed by atoms with van der Waals surface area (Å²) >= 11 is 0. The van der Waals surface area contributed by atoms with E-state index < -0.39 is 16.4 Å². The zero-order valence-electron chi connectivity index (χ0n) is 10.1. The van der Waals surface area contributed by atoms with E-state index in [9.17, 15) is 4.79 Å². The van der Waals surface area contributed by atoms with Crippen LogP contribution < -0.4 is 0 Å². The molecule has 0 radical (unpaired) electrons. The van der Waals surface area contributed by atoms with E-state index in [1.54, 1.807) is 0 Å². The monoisotopic (exact) mass is 238 g/mol. The average molecular weight is 238 g/mol. The molecule has 0 aromatic rings. The zero-order valence-corrected chi connectivity index (χ0v) is 12.1. The highest BCUT2D eigenvalue weighted by Gasteiger charge is 2.58. The van der Waals surface area contributed by atoms with Crippen LogP contribution in [0.25, 0.3) is 0 Å². The third-order valence-corrected chi connectivity index (χ3v) is 8.36. The molecule has 2 aliphatic rings. The van der Waals surface area contributed by atoms with E-state index in [1.807, 2.05) is 6.08 Å². The Bertz CT molecular complexity index is 401. The number of allylic oxidation sites excluding steroid dienone is 3. The van der Waals surface area contributed by atoms with Gasteiger partial charge in [0.15, 0.2) is 5.76 Å². The van der Waals surface area contributed by atoms with Crippen LogP contribution in [0.4, 0.5) is 0 Å². The summed E-state index contributed by atoms with van der Waals surface area (Å²) in [6.07, 6.45) is 1.82. The Morgan fingerprint density at radius 1 is 1.40 bits per heavy atom. The first-order valence-electron chi connectivity index (χ1n) is 5.50. The molecule has 1 atom stereocenters. The van der Waals surface area contributed by atoms with Crippen molar-refractivity contribution in [1.82, 2.24) is 0 Å². The molecule has 1 saturated heterocycles. The van der Waals surface area contributed by atoms with Crippen molar-refractivity contribution in [3.63, 3.8) is 0 Å². The first-order valence-corrected chi connectivity index (χ1v) is 11.6. The number of carbonyl (C=O) groups is 1. The van der Waals surface area contributed by atoms with Crippen LogP contribution in [0.3, 0.4) is 0 Å². The van der Waals surface area contributed by atoms with Gasteiger partial charge in [-0.2, -0.15) is 0 Å². The maximum absolute atomic E-state index is 11.7. The third kappa shape index (κ3) is 1.56. The van der Waals surface area contributed by atoms with E-state index in [-0.39, 0.29) is 5.78 Å². The number of hydrogen-bond donors (Lipinski definition) is 0. The van der Waals surface area contributed by atoms with Crippen molar-refractivity contribution in [2.45, 2.75) is 39.2 Å². The van der Waals surface area contributed by atoms with E-state index in [4.69, 9.17) is 4.43 Å². The molecule has 1 aliphatic heterocycles. The summed E-state index contributed by atoms with van der Waals surface area (Å²) in [6, 6.07) is 1.19. The minimum absolute atomic E-state index is 0.112. The van der Waals surface area contributed by atoms with E-state index in [0.717, 1.165) is 0 Å². The molecule has 2 rings (SSSR count). The number of rotatable bonds is 3. The fourth-order valence-electron chi connectivity index (χ4n) is 2.14. The summed E-state index contributed by atoms with van der Waals surface area (Å²) in [7, 11) is -2.96. The number of carbonyl (C=O) groups excluding carboxylic acids is 1. The molecular formula is C11H18O2Si2. The van der Waals surface area contributed by atoms with Gasteiger partial charge in [0.1, 0.15) is 8.07 Å². The standard InChI is InChI=1S/C11H18O2Si2/c1-6-15(5)9-7-8(12)10(11(9)15)13-14(2,3)4/h7H,6H2,1-5H3. The molecule has 1 fully saturated rings.